The molecule has 1 heterocycles. The minimum atomic E-state index is -1.68. The van der Waals surface area contributed by atoms with Gasteiger partial charge in [0.2, 0.25) is 0 Å². The van der Waals surface area contributed by atoms with Crippen LogP contribution >= 0.6 is 0 Å². The van der Waals surface area contributed by atoms with Crippen LogP contribution in [-0.4, -0.2) is 111 Å². The predicted molar refractivity (Wildman–Crippen MR) is 111 cm³/mol. The van der Waals surface area contributed by atoms with E-state index in [0.717, 1.165) is 0 Å². The molecule has 0 aromatic heterocycles. The average molecular weight is 477 g/mol. The molecule has 3 fully saturated rings. The summed E-state index contributed by atoms with van der Waals surface area (Å²) in [6.07, 6.45) is -8.45. The van der Waals surface area contributed by atoms with Gasteiger partial charge >= 0.3 is 5.97 Å². The van der Waals surface area contributed by atoms with Crippen molar-refractivity contribution in [2.24, 2.45) is 17.3 Å². The van der Waals surface area contributed by atoms with Crippen LogP contribution in [0.25, 0.3) is 0 Å². The lowest BCUT2D eigenvalue weighted by molar-refractivity contribution is -0.319. The number of carbonyl (C=O) groups excluding carboxylic acids is 1. The van der Waals surface area contributed by atoms with Crippen molar-refractivity contribution >= 4 is 5.97 Å². The van der Waals surface area contributed by atoms with E-state index in [0.29, 0.717) is 12.8 Å². The Balaban J connectivity index is 1.83. The highest BCUT2D eigenvalue weighted by Crippen LogP contribution is 2.56. The first-order valence-electron chi connectivity index (χ1n) is 11.2. The number of hydrogen-bond donors (Lipinski definition) is 7. The molecule has 2 aliphatic carbocycles. The highest BCUT2D eigenvalue weighted by atomic mass is 16.7. The van der Waals surface area contributed by atoms with E-state index < -0.39 is 84.9 Å². The summed E-state index contributed by atoms with van der Waals surface area (Å²) in [6.45, 7) is 4.46. The van der Waals surface area contributed by atoms with Crippen LogP contribution in [-0.2, 0) is 19.0 Å². The van der Waals surface area contributed by atoms with Crippen LogP contribution in [0.1, 0.15) is 32.6 Å². The third kappa shape index (κ3) is 4.58. The highest BCUT2D eigenvalue weighted by molar-refractivity contribution is 5.88. The quantitative estimate of drug-likeness (QED) is 0.163. The van der Waals surface area contributed by atoms with Crippen LogP contribution in [0.3, 0.4) is 0 Å². The van der Waals surface area contributed by atoms with Crippen LogP contribution < -0.4 is 0 Å². The number of rotatable bonds is 6. The summed E-state index contributed by atoms with van der Waals surface area (Å²) in [4.78, 5) is 12.0. The van der Waals surface area contributed by atoms with Gasteiger partial charge in [0.25, 0.3) is 0 Å². The SMILES string of the molecule is C=C(C(=O)OC)C1CCC2(C)C(O)CCC(O)(COC3OC(CO)C(O)C(O)C3O)C2C1O. The molecule has 0 amide bonds. The Morgan fingerprint density at radius 2 is 1.73 bits per heavy atom. The molecule has 2 saturated carbocycles. The van der Waals surface area contributed by atoms with Gasteiger partial charge in [0.05, 0.1) is 38.1 Å². The van der Waals surface area contributed by atoms with E-state index >= 15 is 0 Å². The van der Waals surface area contributed by atoms with E-state index in [-0.39, 0.29) is 18.4 Å². The number of methoxy groups -OCH3 is 1. The standard InChI is InChI=1S/C22H36O11/c1-10(19(29)31-3)11-4-6-21(2)13(24)5-7-22(30,18(21)14(11)25)9-32-20-17(28)16(27)15(26)12(8-23)33-20/h11-18,20,23-28,30H,1,4-9H2,2-3H3. The summed E-state index contributed by atoms with van der Waals surface area (Å²) in [5.41, 5.74) is -2.50. The van der Waals surface area contributed by atoms with Gasteiger partial charge in [0, 0.05) is 22.8 Å². The van der Waals surface area contributed by atoms with E-state index in [1.165, 1.54) is 7.11 Å². The summed E-state index contributed by atoms with van der Waals surface area (Å²) < 4.78 is 15.7. The van der Waals surface area contributed by atoms with E-state index in [4.69, 9.17) is 14.2 Å². The van der Waals surface area contributed by atoms with Crippen molar-refractivity contribution < 1.29 is 54.8 Å². The first-order valence-corrected chi connectivity index (χ1v) is 11.2. The van der Waals surface area contributed by atoms with Crippen LogP contribution in [0.5, 0.6) is 0 Å². The maximum atomic E-state index is 12.0. The summed E-state index contributed by atoms with van der Waals surface area (Å²) in [5, 5.41) is 73.2. The Labute approximate surface area is 192 Å². The van der Waals surface area contributed by atoms with Crippen LogP contribution in [0.2, 0.25) is 0 Å². The van der Waals surface area contributed by atoms with Crippen LogP contribution in [0.15, 0.2) is 12.2 Å². The number of esters is 1. The van der Waals surface area contributed by atoms with Gasteiger partial charge in [0.1, 0.15) is 24.4 Å². The molecule has 11 unspecified atom stereocenters. The molecule has 11 atom stereocenters. The summed E-state index contributed by atoms with van der Waals surface area (Å²) in [7, 11) is 1.21. The summed E-state index contributed by atoms with van der Waals surface area (Å²) >= 11 is 0. The smallest absolute Gasteiger partial charge is 0.333 e. The molecule has 7 N–H and O–H groups in total. The highest BCUT2D eigenvalue weighted by Gasteiger charge is 2.61. The monoisotopic (exact) mass is 476 g/mol. The molecule has 1 aliphatic heterocycles. The van der Waals surface area contributed by atoms with Gasteiger partial charge in [0.15, 0.2) is 6.29 Å². The van der Waals surface area contributed by atoms with E-state index in [9.17, 15) is 40.5 Å². The van der Waals surface area contributed by atoms with Crippen molar-refractivity contribution in [2.75, 3.05) is 20.3 Å². The maximum Gasteiger partial charge on any atom is 0.333 e. The fourth-order valence-electron chi connectivity index (χ4n) is 5.85. The zero-order valence-corrected chi connectivity index (χ0v) is 18.9. The van der Waals surface area contributed by atoms with Gasteiger partial charge in [-0.05, 0) is 25.7 Å². The zero-order valence-electron chi connectivity index (χ0n) is 18.9. The third-order valence-electron chi connectivity index (χ3n) is 7.89. The number of carbonyl (C=O) groups is 1. The fraction of sp³-hybridized carbons (Fsp3) is 0.864. The Bertz CT molecular complexity index is 729. The Morgan fingerprint density at radius 3 is 2.33 bits per heavy atom. The molecule has 3 rings (SSSR count). The van der Waals surface area contributed by atoms with Crippen LogP contribution in [0, 0.1) is 17.3 Å². The van der Waals surface area contributed by atoms with Crippen molar-refractivity contribution in [3.8, 4) is 0 Å². The van der Waals surface area contributed by atoms with Gasteiger partial charge in [-0.2, -0.15) is 0 Å². The van der Waals surface area contributed by atoms with Gasteiger partial charge in [-0.3, -0.25) is 0 Å². The largest absolute Gasteiger partial charge is 0.466 e. The fourth-order valence-corrected chi connectivity index (χ4v) is 5.85. The molecular weight excluding hydrogens is 440 g/mol. The number of ether oxygens (including phenoxy) is 3. The Morgan fingerprint density at radius 1 is 1.06 bits per heavy atom. The Hall–Kier alpha value is -1.15. The molecule has 0 bridgehead atoms. The number of aliphatic hydroxyl groups is 7. The number of fused-ring (bicyclic) bond motifs is 1. The van der Waals surface area contributed by atoms with Gasteiger partial charge in [-0.25, -0.2) is 4.79 Å². The predicted octanol–water partition coefficient (Wildman–Crippen LogP) is -2.19. The van der Waals surface area contributed by atoms with Crippen molar-refractivity contribution in [3.05, 3.63) is 12.2 Å². The van der Waals surface area contributed by atoms with Crippen molar-refractivity contribution in [1.29, 1.82) is 0 Å². The molecular formula is C22H36O11. The van der Waals surface area contributed by atoms with Crippen molar-refractivity contribution in [1.82, 2.24) is 0 Å². The maximum absolute atomic E-state index is 12.0. The first kappa shape index (κ1) is 26.5. The molecule has 11 heteroatoms. The molecule has 33 heavy (non-hydrogen) atoms. The lowest BCUT2D eigenvalue weighted by atomic mass is 9.50. The molecule has 1 saturated heterocycles. The third-order valence-corrected chi connectivity index (χ3v) is 7.89. The minimum Gasteiger partial charge on any atom is -0.466 e. The average Bonchev–Trinajstić information content (AvgIpc) is 2.79. The minimum absolute atomic E-state index is 0.0559. The van der Waals surface area contributed by atoms with E-state index in [1.807, 2.05) is 0 Å². The molecule has 0 spiro atoms. The summed E-state index contributed by atoms with van der Waals surface area (Å²) in [5.74, 6) is -2.28. The lowest BCUT2D eigenvalue weighted by Crippen LogP contribution is -2.66. The lowest BCUT2D eigenvalue weighted by Gasteiger charge is -2.59. The molecule has 0 aromatic carbocycles. The number of hydrogen-bond acceptors (Lipinski definition) is 11. The second-order valence-corrected chi connectivity index (χ2v) is 9.80. The van der Waals surface area contributed by atoms with E-state index in [2.05, 4.69) is 6.58 Å². The van der Waals surface area contributed by atoms with Gasteiger partial charge in [-0.1, -0.05) is 13.5 Å². The van der Waals surface area contributed by atoms with E-state index in [1.54, 1.807) is 6.92 Å². The van der Waals surface area contributed by atoms with Gasteiger partial charge < -0.3 is 50.0 Å². The van der Waals surface area contributed by atoms with Gasteiger partial charge in [-0.15, -0.1) is 0 Å². The normalized spacial score (nSPS) is 48.1. The molecule has 0 aromatic rings. The Kier molecular flexibility index (Phi) is 7.89. The number of aliphatic hydroxyl groups excluding tert-OH is 6. The van der Waals surface area contributed by atoms with Crippen LogP contribution in [0.4, 0.5) is 0 Å². The zero-order chi connectivity index (χ0) is 24.7. The second-order valence-electron chi connectivity index (χ2n) is 9.80. The van der Waals surface area contributed by atoms with Crippen molar-refractivity contribution in [3.63, 3.8) is 0 Å². The topological polar surface area (TPSA) is 186 Å². The molecule has 3 aliphatic rings. The molecule has 11 nitrogen and oxygen atoms in total. The molecule has 0 radical (unpaired) electrons. The first-order chi connectivity index (χ1) is 15.4. The second kappa shape index (κ2) is 9.84. The summed E-state index contributed by atoms with van der Waals surface area (Å²) in [6, 6.07) is 0. The molecule has 190 valence electrons. The van der Waals surface area contributed by atoms with Crippen molar-refractivity contribution in [2.45, 2.75) is 81.1 Å².